The third-order valence-corrected chi connectivity index (χ3v) is 4.17. The topological polar surface area (TPSA) is 132 Å². The summed E-state index contributed by atoms with van der Waals surface area (Å²) in [4.78, 5) is 40.5. The van der Waals surface area contributed by atoms with Crippen molar-refractivity contribution in [3.63, 3.8) is 0 Å². The van der Waals surface area contributed by atoms with E-state index in [0.29, 0.717) is 40.2 Å². The van der Waals surface area contributed by atoms with Crippen LogP contribution < -0.4 is 5.32 Å². The fraction of sp³-hybridized carbons (Fsp3) is 0.286. The number of fused-ring (bicyclic) bond motifs is 1. The van der Waals surface area contributed by atoms with E-state index >= 15 is 0 Å². The molecule has 1 fully saturated rings. The molecule has 1 amide bonds. The number of benzene rings is 1. The first-order chi connectivity index (χ1) is 12.6. The van der Waals surface area contributed by atoms with Crippen molar-refractivity contribution in [2.45, 2.75) is 0 Å². The molecule has 26 heavy (non-hydrogen) atoms. The predicted octanol–water partition coefficient (Wildman–Crippen LogP) is 1.63. The number of aromatic nitrogens is 2. The van der Waals surface area contributed by atoms with Crippen molar-refractivity contribution in [3.8, 4) is 0 Å². The van der Waals surface area contributed by atoms with Gasteiger partial charge >= 0.3 is 6.09 Å². The van der Waals surface area contributed by atoms with Crippen molar-refractivity contribution < 1.29 is 19.5 Å². The third kappa shape index (κ3) is 3.96. The summed E-state index contributed by atoms with van der Waals surface area (Å²) in [5.74, 6) is 0.314. The van der Waals surface area contributed by atoms with E-state index in [1.165, 1.54) is 4.90 Å². The van der Waals surface area contributed by atoms with Gasteiger partial charge < -0.3 is 14.9 Å². The number of hydrogen-bond donors (Lipinski definition) is 1. The molecular formula is C14H13BrN6O5. The van der Waals surface area contributed by atoms with Crippen LogP contribution in [-0.2, 0) is 9.57 Å². The number of nitrogens with zero attached hydrogens (tertiary/aromatic N) is 5. The molecule has 2 heterocycles. The summed E-state index contributed by atoms with van der Waals surface area (Å²) in [6, 6.07) is 3.53. The molecule has 1 aliphatic heterocycles. The van der Waals surface area contributed by atoms with Crippen LogP contribution in [0.3, 0.4) is 0 Å². The minimum Gasteiger partial charge on any atom is -0.447 e. The standard InChI is InChI=1S/C14H13BrN6O5/c15-11-9(1-2-10-12(11)17-4-3-16-10)19-13-18-5-6-20(13)14(22)25-7-8-26-21(23)24/h1-4H,5-8H2,(H,18,19). The van der Waals surface area contributed by atoms with E-state index in [-0.39, 0.29) is 13.2 Å². The van der Waals surface area contributed by atoms with Gasteiger partial charge in [0.2, 0.25) is 5.96 Å². The van der Waals surface area contributed by atoms with Gasteiger partial charge in [0, 0.05) is 25.5 Å². The third-order valence-electron chi connectivity index (χ3n) is 3.38. The van der Waals surface area contributed by atoms with Gasteiger partial charge in [-0.1, -0.05) is 0 Å². The number of hydrogen-bond acceptors (Lipinski definition) is 8. The van der Waals surface area contributed by atoms with Crippen LogP contribution >= 0.6 is 15.9 Å². The lowest BCUT2D eigenvalue weighted by Gasteiger charge is -2.15. The van der Waals surface area contributed by atoms with Crippen LogP contribution in [0.15, 0.2) is 34.0 Å². The summed E-state index contributed by atoms with van der Waals surface area (Å²) in [5.41, 5.74) is 1.93. The summed E-state index contributed by atoms with van der Waals surface area (Å²) < 4.78 is 5.60. The molecule has 11 nitrogen and oxygen atoms in total. The van der Waals surface area contributed by atoms with E-state index in [2.05, 4.69) is 41.0 Å². The molecule has 1 aromatic carbocycles. The van der Waals surface area contributed by atoms with Crippen LogP contribution in [0, 0.1) is 10.1 Å². The number of aliphatic imine (C=N–C) groups is 1. The molecular weight excluding hydrogens is 412 g/mol. The molecule has 1 aromatic heterocycles. The fourth-order valence-electron chi connectivity index (χ4n) is 2.27. The number of carbonyl (C=O) groups excluding carboxylic acids is 1. The number of guanidine groups is 1. The second-order valence-electron chi connectivity index (χ2n) is 5.01. The number of carbonyl (C=O) groups is 1. The van der Waals surface area contributed by atoms with E-state index in [9.17, 15) is 14.9 Å². The quantitative estimate of drug-likeness (QED) is 0.434. The van der Waals surface area contributed by atoms with Crippen molar-refractivity contribution in [1.29, 1.82) is 0 Å². The second-order valence-corrected chi connectivity index (χ2v) is 5.80. The molecule has 0 unspecified atom stereocenters. The van der Waals surface area contributed by atoms with Gasteiger partial charge in [-0.2, -0.15) is 0 Å². The average molecular weight is 425 g/mol. The molecule has 0 spiro atoms. The van der Waals surface area contributed by atoms with Crippen LogP contribution in [0.1, 0.15) is 0 Å². The highest BCUT2D eigenvalue weighted by Crippen LogP contribution is 2.31. The van der Waals surface area contributed by atoms with Gasteiger partial charge in [0.1, 0.15) is 18.7 Å². The summed E-state index contributed by atoms with van der Waals surface area (Å²) in [6.07, 6.45) is 2.51. The lowest BCUT2D eigenvalue weighted by Crippen LogP contribution is -2.36. The minimum absolute atomic E-state index is 0.237. The highest BCUT2D eigenvalue weighted by atomic mass is 79.9. The van der Waals surface area contributed by atoms with Gasteiger partial charge in [0.15, 0.2) is 0 Å². The SMILES string of the molecule is O=C(OCCO[N+](=O)[O-])N1CCN/C1=N/c1ccc2nccnc2c1Br. The van der Waals surface area contributed by atoms with Gasteiger partial charge in [0.05, 0.1) is 15.7 Å². The highest BCUT2D eigenvalue weighted by molar-refractivity contribution is 9.10. The maximum absolute atomic E-state index is 12.1. The van der Waals surface area contributed by atoms with Gasteiger partial charge in [-0.05, 0) is 28.1 Å². The van der Waals surface area contributed by atoms with Gasteiger partial charge in [-0.25, -0.2) is 14.7 Å². The Hall–Kier alpha value is -3.02. The van der Waals surface area contributed by atoms with Gasteiger partial charge in [0.25, 0.3) is 5.09 Å². The lowest BCUT2D eigenvalue weighted by atomic mass is 10.2. The predicted molar refractivity (Wildman–Crippen MR) is 93.3 cm³/mol. The van der Waals surface area contributed by atoms with Crippen molar-refractivity contribution in [2.24, 2.45) is 4.99 Å². The Kier molecular flexibility index (Phi) is 5.41. The smallest absolute Gasteiger partial charge is 0.416 e. The van der Waals surface area contributed by atoms with Gasteiger partial charge in [-0.15, -0.1) is 10.1 Å². The highest BCUT2D eigenvalue weighted by Gasteiger charge is 2.26. The summed E-state index contributed by atoms with van der Waals surface area (Å²) >= 11 is 3.46. The molecule has 0 radical (unpaired) electrons. The first-order valence-electron chi connectivity index (χ1n) is 7.49. The fourth-order valence-corrected chi connectivity index (χ4v) is 2.80. The molecule has 0 saturated carbocycles. The van der Waals surface area contributed by atoms with Crippen LogP contribution in [-0.4, -0.2) is 58.3 Å². The number of nitrogens with one attached hydrogen (secondary N) is 1. The number of halogens is 1. The molecule has 136 valence electrons. The molecule has 0 aliphatic carbocycles. The van der Waals surface area contributed by atoms with Crippen LogP contribution in [0.2, 0.25) is 0 Å². The monoisotopic (exact) mass is 424 g/mol. The molecule has 2 aromatic rings. The maximum Gasteiger partial charge on any atom is 0.416 e. The first-order valence-corrected chi connectivity index (χ1v) is 8.29. The minimum atomic E-state index is -0.946. The maximum atomic E-state index is 12.1. The Morgan fingerprint density at radius 3 is 3.00 bits per heavy atom. The molecule has 3 rings (SSSR count). The van der Waals surface area contributed by atoms with Crippen LogP contribution in [0.4, 0.5) is 10.5 Å². The van der Waals surface area contributed by atoms with Crippen LogP contribution in [0.5, 0.6) is 0 Å². The van der Waals surface area contributed by atoms with Crippen LogP contribution in [0.25, 0.3) is 11.0 Å². The van der Waals surface area contributed by atoms with Crippen molar-refractivity contribution in [3.05, 3.63) is 39.1 Å². The zero-order valence-corrected chi connectivity index (χ0v) is 14.9. The molecule has 1 saturated heterocycles. The average Bonchev–Trinajstić information content (AvgIpc) is 3.09. The zero-order valence-electron chi connectivity index (χ0n) is 13.3. The van der Waals surface area contributed by atoms with Gasteiger partial charge in [-0.3, -0.25) is 9.97 Å². The Balaban J connectivity index is 1.74. The summed E-state index contributed by atoms with van der Waals surface area (Å²) in [7, 11) is 0. The Morgan fingerprint density at radius 2 is 2.19 bits per heavy atom. The molecule has 1 N–H and O–H groups in total. The van der Waals surface area contributed by atoms with E-state index in [1.54, 1.807) is 24.5 Å². The second kappa shape index (κ2) is 7.91. The summed E-state index contributed by atoms with van der Waals surface area (Å²) in [6.45, 7) is 0.295. The van der Waals surface area contributed by atoms with E-state index < -0.39 is 11.2 Å². The zero-order chi connectivity index (χ0) is 18.5. The molecule has 0 bridgehead atoms. The summed E-state index contributed by atoms with van der Waals surface area (Å²) in [5, 5.41) is 12.1. The van der Waals surface area contributed by atoms with E-state index in [4.69, 9.17) is 4.74 Å². The Bertz CT molecular complexity index is 876. The molecule has 0 atom stereocenters. The number of amides is 1. The van der Waals surface area contributed by atoms with Crippen molar-refractivity contribution in [2.75, 3.05) is 26.3 Å². The van der Waals surface area contributed by atoms with Crippen molar-refractivity contribution >= 4 is 44.7 Å². The van der Waals surface area contributed by atoms with E-state index in [1.807, 2.05) is 0 Å². The molecule has 1 aliphatic rings. The Morgan fingerprint density at radius 1 is 1.38 bits per heavy atom. The first kappa shape index (κ1) is 17.8. The normalized spacial score (nSPS) is 15.1. The largest absolute Gasteiger partial charge is 0.447 e. The lowest BCUT2D eigenvalue weighted by molar-refractivity contribution is -0.757. The number of ether oxygens (including phenoxy) is 1. The van der Waals surface area contributed by atoms with E-state index in [0.717, 1.165) is 0 Å². The van der Waals surface area contributed by atoms with Crippen molar-refractivity contribution in [1.82, 2.24) is 20.2 Å². The molecule has 12 heteroatoms. The Labute approximate surface area is 155 Å². The number of rotatable bonds is 5.